The van der Waals surface area contributed by atoms with Crippen molar-refractivity contribution in [1.29, 1.82) is 0 Å². The number of fused-ring (bicyclic) bond motifs is 3. The number of rotatable bonds is 3. The highest BCUT2D eigenvalue weighted by atomic mass is 35.5. The molecule has 0 fully saturated rings. The lowest BCUT2D eigenvalue weighted by atomic mass is 10.2. The first-order valence-electron chi connectivity index (χ1n) is 8.57. The van der Waals surface area contributed by atoms with Crippen LogP contribution in [0, 0.1) is 0 Å². The highest BCUT2D eigenvalue weighted by molar-refractivity contribution is 6.31. The van der Waals surface area contributed by atoms with Gasteiger partial charge in [0.2, 0.25) is 0 Å². The van der Waals surface area contributed by atoms with Gasteiger partial charge in [-0.05, 0) is 43.3 Å². The molecule has 0 unspecified atom stereocenters. The molecular formula is C19H19ClN4O2. The van der Waals surface area contributed by atoms with Crippen LogP contribution in [-0.4, -0.2) is 28.8 Å². The Labute approximate surface area is 156 Å². The molecule has 1 aromatic heterocycles. The molecule has 0 atom stereocenters. The minimum absolute atomic E-state index is 0.345. The van der Waals surface area contributed by atoms with Gasteiger partial charge >= 0.3 is 6.09 Å². The second kappa shape index (κ2) is 6.88. The van der Waals surface area contributed by atoms with Gasteiger partial charge in [0.05, 0.1) is 24.2 Å². The van der Waals surface area contributed by atoms with Gasteiger partial charge in [0, 0.05) is 29.5 Å². The summed E-state index contributed by atoms with van der Waals surface area (Å²) in [6.45, 7) is 4.54. The van der Waals surface area contributed by atoms with E-state index in [1.807, 2.05) is 42.5 Å². The van der Waals surface area contributed by atoms with E-state index in [1.54, 1.807) is 6.92 Å². The number of imidazole rings is 1. The van der Waals surface area contributed by atoms with E-state index in [0.717, 1.165) is 35.6 Å². The van der Waals surface area contributed by atoms with Crippen LogP contribution in [0.15, 0.2) is 42.5 Å². The number of carbonyl (C=O) groups is 1. The van der Waals surface area contributed by atoms with Crippen molar-refractivity contribution >= 4 is 40.1 Å². The summed E-state index contributed by atoms with van der Waals surface area (Å²) >= 11 is 6.08. The fourth-order valence-corrected chi connectivity index (χ4v) is 3.45. The number of nitrogens with zero attached hydrogens (tertiary/aromatic N) is 3. The lowest BCUT2D eigenvalue weighted by molar-refractivity contribution is 0.168. The second-order valence-electron chi connectivity index (χ2n) is 6.13. The molecule has 1 amide bonds. The van der Waals surface area contributed by atoms with Gasteiger partial charge in [0.1, 0.15) is 5.82 Å². The van der Waals surface area contributed by atoms with E-state index in [2.05, 4.69) is 14.8 Å². The molecule has 1 aliphatic heterocycles. The molecule has 3 aromatic rings. The summed E-state index contributed by atoms with van der Waals surface area (Å²) in [6.07, 6.45) is -0.443. The van der Waals surface area contributed by atoms with Crippen molar-refractivity contribution in [2.75, 3.05) is 23.4 Å². The predicted octanol–water partition coefficient (Wildman–Crippen LogP) is 4.28. The molecular weight excluding hydrogens is 352 g/mol. The summed E-state index contributed by atoms with van der Waals surface area (Å²) in [6, 6.07) is 13.6. The van der Waals surface area contributed by atoms with E-state index in [1.165, 1.54) is 0 Å². The van der Waals surface area contributed by atoms with Gasteiger partial charge < -0.3 is 14.2 Å². The van der Waals surface area contributed by atoms with Crippen LogP contribution in [0.5, 0.6) is 0 Å². The van der Waals surface area contributed by atoms with Gasteiger partial charge in [-0.3, -0.25) is 5.32 Å². The van der Waals surface area contributed by atoms with Crippen LogP contribution in [-0.2, 0) is 17.8 Å². The third-order valence-electron chi connectivity index (χ3n) is 4.45. The van der Waals surface area contributed by atoms with Crippen LogP contribution in [0.2, 0.25) is 5.02 Å². The molecule has 134 valence electrons. The van der Waals surface area contributed by atoms with Crippen molar-refractivity contribution in [3.8, 4) is 0 Å². The Morgan fingerprint density at radius 3 is 3.00 bits per heavy atom. The van der Waals surface area contributed by atoms with Gasteiger partial charge in [0.15, 0.2) is 0 Å². The molecule has 2 heterocycles. The van der Waals surface area contributed by atoms with Crippen LogP contribution in [0.3, 0.4) is 0 Å². The van der Waals surface area contributed by atoms with Gasteiger partial charge in [-0.25, -0.2) is 9.78 Å². The molecule has 0 saturated heterocycles. The van der Waals surface area contributed by atoms with Gasteiger partial charge in [-0.1, -0.05) is 17.7 Å². The van der Waals surface area contributed by atoms with Crippen LogP contribution in [0.1, 0.15) is 12.7 Å². The quantitative estimate of drug-likeness (QED) is 0.747. The number of anilines is 2. The maximum Gasteiger partial charge on any atom is 0.411 e. The highest BCUT2D eigenvalue weighted by Crippen LogP contribution is 2.27. The molecule has 4 rings (SSSR count). The first-order valence-corrected chi connectivity index (χ1v) is 8.95. The number of aromatic nitrogens is 2. The summed E-state index contributed by atoms with van der Waals surface area (Å²) in [7, 11) is 0. The zero-order valence-electron chi connectivity index (χ0n) is 14.4. The Morgan fingerprint density at radius 1 is 1.27 bits per heavy atom. The molecule has 0 radical (unpaired) electrons. The third-order valence-corrected chi connectivity index (χ3v) is 4.68. The van der Waals surface area contributed by atoms with Crippen molar-refractivity contribution in [2.24, 2.45) is 0 Å². The number of nitrogens with one attached hydrogen (secondary N) is 1. The average molecular weight is 371 g/mol. The molecule has 7 heteroatoms. The van der Waals surface area contributed by atoms with Crippen LogP contribution in [0.4, 0.5) is 16.2 Å². The van der Waals surface area contributed by atoms with E-state index in [9.17, 15) is 4.79 Å². The number of hydrogen-bond donors (Lipinski definition) is 1. The minimum atomic E-state index is -0.443. The minimum Gasteiger partial charge on any atom is -0.450 e. The zero-order valence-corrected chi connectivity index (χ0v) is 15.2. The third kappa shape index (κ3) is 3.20. The Morgan fingerprint density at radius 2 is 2.15 bits per heavy atom. The smallest absolute Gasteiger partial charge is 0.411 e. The molecule has 6 nitrogen and oxygen atoms in total. The maximum atomic E-state index is 11.6. The number of hydrogen-bond acceptors (Lipinski definition) is 4. The van der Waals surface area contributed by atoms with Crippen molar-refractivity contribution in [1.82, 2.24) is 9.55 Å². The van der Waals surface area contributed by atoms with E-state index >= 15 is 0 Å². The number of amides is 1. The lowest BCUT2D eigenvalue weighted by Crippen LogP contribution is -2.33. The fourth-order valence-electron chi connectivity index (χ4n) is 3.28. The Balaban J connectivity index is 1.57. The SMILES string of the molecule is CCOC(=O)Nc1cccc(N2CCn3c(nc4cc(Cl)ccc43)C2)c1. The van der Waals surface area contributed by atoms with E-state index in [4.69, 9.17) is 21.3 Å². The molecule has 1 N–H and O–H groups in total. The number of halogens is 1. The number of ether oxygens (including phenoxy) is 1. The van der Waals surface area contributed by atoms with Crippen molar-refractivity contribution in [3.63, 3.8) is 0 Å². The predicted molar refractivity (Wildman–Crippen MR) is 103 cm³/mol. The number of benzene rings is 2. The normalized spacial score (nSPS) is 13.5. The summed E-state index contributed by atoms with van der Waals surface area (Å²) in [5, 5.41) is 3.44. The molecule has 1 aliphatic rings. The Bertz CT molecular complexity index is 969. The molecule has 0 spiro atoms. The van der Waals surface area contributed by atoms with Crippen molar-refractivity contribution in [2.45, 2.75) is 20.0 Å². The molecule has 0 bridgehead atoms. The standard InChI is InChI=1S/C19H19ClN4O2/c1-2-26-19(25)21-14-4-3-5-15(11-14)23-8-9-24-17-7-6-13(20)10-16(17)22-18(24)12-23/h3-7,10-11H,2,8-9,12H2,1H3,(H,21,25). The topological polar surface area (TPSA) is 59.4 Å². The molecule has 2 aromatic carbocycles. The summed E-state index contributed by atoms with van der Waals surface area (Å²) in [4.78, 5) is 18.6. The molecule has 0 aliphatic carbocycles. The Hall–Kier alpha value is -2.73. The molecule has 0 saturated carbocycles. The number of carbonyl (C=O) groups excluding carboxylic acids is 1. The highest BCUT2D eigenvalue weighted by Gasteiger charge is 2.20. The Kier molecular flexibility index (Phi) is 4.42. The second-order valence-corrected chi connectivity index (χ2v) is 6.57. The average Bonchev–Trinajstić information content (AvgIpc) is 2.98. The van der Waals surface area contributed by atoms with Crippen molar-refractivity contribution < 1.29 is 9.53 Å². The summed E-state index contributed by atoms with van der Waals surface area (Å²) in [5.41, 5.74) is 3.79. The fraction of sp³-hybridized carbons (Fsp3) is 0.263. The van der Waals surface area contributed by atoms with Crippen molar-refractivity contribution in [3.05, 3.63) is 53.3 Å². The first kappa shape index (κ1) is 16.7. The van der Waals surface area contributed by atoms with E-state index < -0.39 is 6.09 Å². The van der Waals surface area contributed by atoms with Crippen LogP contribution in [0.25, 0.3) is 11.0 Å². The summed E-state index contributed by atoms with van der Waals surface area (Å²) < 4.78 is 7.17. The van der Waals surface area contributed by atoms with E-state index in [0.29, 0.717) is 23.9 Å². The summed E-state index contributed by atoms with van der Waals surface area (Å²) in [5.74, 6) is 1.01. The van der Waals surface area contributed by atoms with Crippen LogP contribution < -0.4 is 10.2 Å². The van der Waals surface area contributed by atoms with Gasteiger partial charge in [0.25, 0.3) is 0 Å². The monoisotopic (exact) mass is 370 g/mol. The maximum absolute atomic E-state index is 11.6. The zero-order chi connectivity index (χ0) is 18.1. The van der Waals surface area contributed by atoms with Crippen LogP contribution >= 0.6 is 11.6 Å². The largest absolute Gasteiger partial charge is 0.450 e. The molecule has 26 heavy (non-hydrogen) atoms. The van der Waals surface area contributed by atoms with Gasteiger partial charge in [-0.2, -0.15) is 0 Å². The van der Waals surface area contributed by atoms with Gasteiger partial charge in [-0.15, -0.1) is 0 Å². The van der Waals surface area contributed by atoms with E-state index in [-0.39, 0.29) is 0 Å². The lowest BCUT2D eigenvalue weighted by Gasteiger charge is -2.30. The first-order chi connectivity index (χ1) is 12.6.